The number of likely N-dealkylation sites (N-methyl/N-ethyl adjacent to an activating group) is 1. The number of halogens is 1. The minimum Gasteiger partial charge on any atom is -0.392 e. The van der Waals surface area contributed by atoms with Gasteiger partial charge in [0.15, 0.2) is 8.68 Å². The van der Waals surface area contributed by atoms with Gasteiger partial charge in [-0.2, -0.15) is 4.31 Å². The number of thiazole rings is 1. The lowest BCUT2D eigenvalue weighted by molar-refractivity contribution is 0.171. The molecule has 5 nitrogen and oxygen atoms in total. The zero-order valence-electron chi connectivity index (χ0n) is 9.14. The summed E-state index contributed by atoms with van der Waals surface area (Å²) in [5.74, 6) is 0. The monoisotopic (exact) mass is 284 g/mol. The van der Waals surface area contributed by atoms with E-state index in [0.717, 1.165) is 15.6 Å². The molecule has 0 bridgehead atoms. The lowest BCUT2D eigenvalue weighted by Crippen LogP contribution is -2.33. The lowest BCUT2D eigenvalue weighted by Gasteiger charge is -2.17. The fraction of sp³-hybridized carbons (Fsp3) is 0.625. The second kappa shape index (κ2) is 4.97. The molecule has 0 saturated heterocycles. The fourth-order valence-electron chi connectivity index (χ4n) is 1.20. The van der Waals surface area contributed by atoms with Crippen LogP contribution in [0.3, 0.4) is 0 Å². The zero-order chi connectivity index (χ0) is 12.5. The highest BCUT2D eigenvalue weighted by Gasteiger charge is 2.26. The summed E-state index contributed by atoms with van der Waals surface area (Å²) in [4.78, 5) is 3.85. The van der Waals surface area contributed by atoms with Crippen molar-refractivity contribution in [2.75, 3.05) is 13.6 Å². The van der Waals surface area contributed by atoms with Crippen LogP contribution in [0.1, 0.15) is 12.6 Å². The maximum atomic E-state index is 12.0. The molecule has 0 aliphatic carbocycles. The number of aliphatic hydroxyl groups excluding tert-OH is 1. The van der Waals surface area contributed by atoms with Gasteiger partial charge in [-0.25, -0.2) is 13.4 Å². The zero-order valence-corrected chi connectivity index (χ0v) is 11.5. The van der Waals surface area contributed by atoms with E-state index in [4.69, 9.17) is 16.7 Å². The molecule has 0 spiro atoms. The van der Waals surface area contributed by atoms with Gasteiger partial charge in [-0.05, 0) is 13.8 Å². The second-order valence-electron chi connectivity index (χ2n) is 3.47. The first-order valence-corrected chi connectivity index (χ1v) is 7.16. The van der Waals surface area contributed by atoms with Gasteiger partial charge in [0.1, 0.15) is 0 Å². The number of hydrogen-bond donors (Lipinski definition) is 1. The Labute approximate surface area is 104 Å². The molecule has 16 heavy (non-hydrogen) atoms. The summed E-state index contributed by atoms with van der Waals surface area (Å²) in [5, 5.41) is 9.16. The Morgan fingerprint density at radius 3 is 2.56 bits per heavy atom. The van der Waals surface area contributed by atoms with Crippen LogP contribution in [0.4, 0.5) is 0 Å². The van der Waals surface area contributed by atoms with Crippen molar-refractivity contribution < 1.29 is 13.5 Å². The van der Waals surface area contributed by atoms with Gasteiger partial charge in [0, 0.05) is 13.6 Å². The molecule has 1 aromatic heterocycles. The first kappa shape index (κ1) is 13.9. The van der Waals surface area contributed by atoms with E-state index in [9.17, 15) is 8.42 Å². The van der Waals surface area contributed by atoms with E-state index in [1.165, 1.54) is 14.0 Å². The van der Waals surface area contributed by atoms with Gasteiger partial charge < -0.3 is 5.11 Å². The van der Waals surface area contributed by atoms with Gasteiger partial charge in [0.25, 0.3) is 10.0 Å². The van der Waals surface area contributed by atoms with Crippen LogP contribution in [0.2, 0.25) is 4.47 Å². The van der Waals surface area contributed by atoms with E-state index >= 15 is 0 Å². The Morgan fingerprint density at radius 1 is 1.62 bits per heavy atom. The first-order valence-electron chi connectivity index (χ1n) is 4.52. The quantitative estimate of drug-likeness (QED) is 0.899. The highest BCUT2D eigenvalue weighted by molar-refractivity contribution is 7.91. The molecule has 0 aliphatic heterocycles. The molecule has 1 unspecified atom stereocenters. The molecule has 0 aliphatic rings. The predicted octanol–water partition coefficient (Wildman–Crippen LogP) is 1.11. The van der Waals surface area contributed by atoms with E-state index in [-0.39, 0.29) is 15.2 Å². The summed E-state index contributed by atoms with van der Waals surface area (Å²) in [6.07, 6.45) is -0.719. The molecule has 92 valence electrons. The lowest BCUT2D eigenvalue weighted by atomic mass is 10.4. The minimum absolute atomic E-state index is 0.0390. The summed E-state index contributed by atoms with van der Waals surface area (Å²) in [5.41, 5.74) is 0.382. The molecular formula is C8H13ClN2O3S2. The molecule has 1 N–H and O–H groups in total. The van der Waals surface area contributed by atoms with Gasteiger partial charge in [-0.3, -0.25) is 0 Å². The smallest absolute Gasteiger partial charge is 0.254 e. The van der Waals surface area contributed by atoms with Gasteiger partial charge in [-0.15, -0.1) is 0 Å². The van der Waals surface area contributed by atoms with Crippen LogP contribution in [0.5, 0.6) is 0 Å². The summed E-state index contributed by atoms with van der Waals surface area (Å²) < 4.78 is 25.5. The second-order valence-corrected chi connectivity index (χ2v) is 7.30. The normalized spacial score (nSPS) is 14.4. The van der Waals surface area contributed by atoms with Crippen LogP contribution in [-0.2, 0) is 10.0 Å². The third-order valence-electron chi connectivity index (χ3n) is 1.89. The number of aliphatic hydroxyl groups is 1. The molecule has 0 fully saturated rings. The largest absolute Gasteiger partial charge is 0.392 e. The van der Waals surface area contributed by atoms with Gasteiger partial charge in [-0.1, -0.05) is 22.9 Å². The number of aromatic nitrogens is 1. The van der Waals surface area contributed by atoms with Gasteiger partial charge in [0.2, 0.25) is 0 Å². The van der Waals surface area contributed by atoms with Crippen LogP contribution >= 0.6 is 22.9 Å². The number of hydrogen-bond acceptors (Lipinski definition) is 5. The molecule has 1 atom stereocenters. The summed E-state index contributed by atoms with van der Waals surface area (Å²) in [6, 6.07) is 0. The molecule has 8 heteroatoms. The highest BCUT2D eigenvalue weighted by atomic mass is 35.5. The van der Waals surface area contributed by atoms with Crippen LogP contribution < -0.4 is 0 Å². The third kappa shape index (κ3) is 2.92. The van der Waals surface area contributed by atoms with Crippen LogP contribution in [0.25, 0.3) is 0 Å². The number of rotatable bonds is 4. The Balaban J connectivity index is 3.07. The fourth-order valence-corrected chi connectivity index (χ4v) is 4.38. The van der Waals surface area contributed by atoms with E-state index in [0.29, 0.717) is 5.69 Å². The molecule has 0 amide bonds. The van der Waals surface area contributed by atoms with E-state index < -0.39 is 16.1 Å². The standard InChI is InChI=1S/C8H13ClN2O3S2/c1-5(12)4-11(3)16(13,14)7-6(2)10-8(9)15-7/h5,12H,4H2,1-3H3. The number of nitrogens with zero attached hydrogens (tertiary/aromatic N) is 2. The van der Waals surface area contributed by atoms with Crippen molar-refractivity contribution in [2.45, 2.75) is 24.2 Å². The van der Waals surface area contributed by atoms with Crippen molar-refractivity contribution in [2.24, 2.45) is 0 Å². The molecule has 0 saturated carbocycles. The van der Waals surface area contributed by atoms with Gasteiger partial charge >= 0.3 is 0 Å². The Hall–Kier alpha value is -0.210. The molecule has 0 aromatic carbocycles. The molecule has 1 aromatic rings. The SMILES string of the molecule is Cc1nc(Cl)sc1S(=O)(=O)N(C)CC(C)O. The Morgan fingerprint density at radius 2 is 2.19 bits per heavy atom. The first-order chi connectivity index (χ1) is 7.25. The van der Waals surface area contributed by atoms with Crippen molar-refractivity contribution in [3.05, 3.63) is 10.2 Å². The maximum absolute atomic E-state index is 12.0. The van der Waals surface area contributed by atoms with E-state index in [1.807, 2.05) is 0 Å². The third-order valence-corrected chi connectivity index (χ3v) is 5.57. The van der Waals surface area contributed by atoms with Crippen LogP contribution in [0, 0.1) is 6.92 Å². The molecule has 0 radical (unpaired) electrons. The Bertz CT molecular complexity index is 470. The summed E-state index contributed by atoms with van der Waals surface area (Å²) in [7, 11) is -2.19. The van der Waals surface area contributed by atoms with Gasteiger partial charge in [0.05, 0.1) is 11.8 Å². The Kier molecular flexibility index (Phi) is 4.30. The van der Waals surface area contributed by atoms with E-state index in [1.54, 1.807) is 6.92 Å². The molecule has 1 heterocycles. The van der Waals surface area contributed by atoms with Crippen LogP contribution in [-0.4, -0.2) is 42.5 Å². The number of sulfonamides is 1. The average Bonchev–Trinajstić information content (AvgIpc) is 2.44. The van der Waals surface area contributed by atoms with Crippen molar-refractivity contribution in [3.8, 4) is 0 Å². The molecule has 1 rings (SSSR count). The predicted molar refractivity (Wildman–Crippen MR) is 63.4 cm³/mol. The molecular weight excluding hydrogens is 272 g/mol. The van der Waals surface area contributed by atoms with Crippen molar-refractivity contribution in [1.82, 2.24) is 9.29 Å². The minimum atomic E-state index is -3.60. The summed E-state index contributed by atoms with van der Waals surface area (Å²) in [6.45, 7) is 3.15. The van der Waals surface area contributed by atoms with Crippen molar-refractivity contribution >= 4 is 33.0 Å². The topological polar surface area (TPSA) is 70.5 Å². The number of aryl methyl sites for hydroxylation is 1. The highest BCUT2D eigenvalue weighted by Crippen LogP contribution is 2.28. The maximum Gasteiger partial charge on any atom is 0.254 e. The van der Waals surface area contributed by atoms with Crippen molar-refractivity contribution in [3.63, 3.8) is 0 Å². The van der Waals surface area contributed by atoms with Crippen molar-refractivity contribution in [1.29, 1.82) is 0 Å². The summed E-state index contributed by atoms with van der Waals surface area (Å²) >= 11 is 6.58. The van der Waals surface area contributed by atoms with E-state index in [2.05, 4.69) is 4.98 Å². The van der Waals surface area contributed by atoms with Crippen LogP contribution in [0.15, 0.2) is 4.21 Å². The average molecular weight is 285 g/mol.